The van der Waals surface area contributed by atoms with Gasteiger partial charge in [-0.15, -0.1) is 11.3 Å². The van der Waals surface area contributed by atoms with Crippen molar-refractivity contribution < 1.29 is 9.53 Å². The van der Waals surface area contributed by atoms with Gasteiger partial charge in [-0.3, -0.25) is 0 Å². The average Bonchev–Trinajstić information content (AvgIpc) is 2.84. The van der Waals surface area contributed by atoms with E-state index in [1.165, 1.54) is 4.88 Å². The molecule has 1 rings (SSSR count). The van der Waals surface area contributed by atoms with Gasteiger partial charge in [0.1, 0.15) is 5.60 Å². The zero-order valence-corrected chi connectivity index (χ0v) is 16.4. The molecule has 1 aromatic heterocycles. The van der Waals surface area contributed by atoms with E-state index >= 15 is 0 Å². The summed E-state index contributed by atoms with van der Waals surface area (Å²) in [5, 5.41) is 9.05. The number of amides is 1. The Labute approximate surface area is 150 Å². The number of aliphatic imine (C=N–C) groups is 1. The molecule has 0 spiro atoms. The maximum absolute atomic E-state index is 11.5. The first kappa shape index (κ1) is 19.8. The van der Waals surface area contributed by atoms with Gasteiger partial charge < -0.3 is 20.7 Å². The number of nitrogens with one attached hydrogen (secondary N) is 3. The first-order valence-electron chi connectivity index (χ1n) is 7.53. The SMILES string of the molecule is CCNC(=NCc1ccc(Br)s1)NCCNC(=O)OC(C)(C)C. The zero-order valence-electron chi connectivity index (χ0n) is 14.0. The van der Waals surface area contributed by atoms with Crippen LogP contribution in [0, 0.1) is 0 Å². The molecule has 130 valence electrons. The Hall–Kier alpha value is -1.28. The number of alkyl carbamates (subject to hydrolysis) is 1. The van der Waals surface area contributed by atoms with Crippen molar-refractivity contribution in [3.8, 4) is 0 Å². The van der Waals surface area contributed by atoms with Gasteiger partial charge in [-0.2, -0.15) is 0 Å². The Bertz CT molecular complexity index is 526. The molecule has 0 aliphatic heterocycles. The lowest BCUT2D eigenvalue weighted by Crippen LogP contribution is -2.42. The van der Waals surface area contributed by atoms with Gasteiger partial charge in [0.25, 0.3) is 0 Å². The number of guanidine groups is 1. The number of rotatable bonds is 6. The molecule has 8 heteroatoms. The van der Waals surface area contributed by atoms with E-state index in [1.807, 2.05) is 39.8 Å². The Balaban J connectivity index is 2.34. The van der Waals surface area contributed by atoms with Crippen LogP contribution in [0.15, 0.2) is 20.9 Å². The van der Waals surface area contributed by atoms with Gasteiger partial charge in [0.05, 0.1) is 10.3 Å². The van der Waals surface area contributed by atoms with Crippen molar-refractivity contribution in [1.82, 2.24) is 16.0 Å². The number of hydrogen-bond donors (Lipinski definition) is 3. The minimum Gasteiger partial charge on any atom is -0.444 e. The molecule has 0 unspecified atom stereocenters. The van der Waals surface area contributed by atoms with Crippen LogP contribution in [-0.2, 0) is 11.3 Å². The lowest BCUT2D eigenvalue weighted by atomic mass is 10.2. The normalized spacial score (nSPS) is 12.0. The summed E-state index contributed by atoms with van der Waals surface area (Å²) in [5.41, 5.74) is -0.483. The van der Waals surface area contributed by atoms with Crippen molar-refractivity contribution >= 4 is 39.3 Å². The maximum atomic E-state index is 11.5. The third-order valence-electron chi connectivity index (χ3n) is 2.45. The molecule has 0 saturated carbocycles. The first-order chi connectivity index (χ1) is 10.8. The van der Waals surface area contributed by atoms with Crippen LogP contribution in [0.3, 0.4) is 0 Å². The summed E-state index contributed by atoms with van der Waals surface area (Å²) in [6.07, 6.45) is -0.412. The summed E-state index contributed by atoms with van der Waals surface area (Å²) < 4.78 is 6.27. The molecule has 0 fully saturated rings. The van der Waals surface area contributed by atoms with Crippen molar-refractivity contribution in [1.29, 1.82) is 0 Å². The van der Waals surface area contributed by atoms with Crippen LogP contribution in [0.4, 0.5) is 4.79 Å². The van der Waals surface area contributed by atoms with Gasteiger partial charge in [-0.05, 0) is 55.8 Å². The number of hydrogen-bond acceptors (Lipinski definition) is 4. The quantitative estimate of drug-likeness (QED) is 0.386. The zero-order chi connectivity index (χ0) is 17.3. The number of nitrogens with zero attached hydrogens (tertiary/aromatic N) is 1. The van der Waals surface area contributed by atoms with Crippen molar-refractivity contribution in [3.63, 3.8) is 0 Å². The van der Waals surface area contributed by atoms with Crippen LogP contribution >= 0.6 is 27.3 Å². The fraction of sp³-hybridized carbons (Fsp3) is 0.600. The van der Waals surface area contributed by atoms with Crippen LogP contribution in [0.2, 0.25) is 0 Å². The monoisotopic (exact) mass is 404 g/mol. The Morgan fingerprint density at radius 3 is 2.52 bits per heavy atom. The Kier molecular flexibility index (Phi) is 8.40. The van der Waals surface area contributed by atoms with E-state index in [0.717, 1.165) is 16.3 Å². The highest BCUT2D eigenvalue weighted by Crippen LogP contribution is 2.22. The maximum Gasteiger partial charge on any atom is 0.407 e. The van der Waals surface area contributed by atoms with E-state index in [-0.39, 0.29) is 0 Å². The Morgan fingerprint density at radius 1 is 1.26 bits per heavy atom. The predicted octanol–water partition coefficient (Wildman–Crippen LogP) is 3.09. The van der Waals surface area contributed by atoms with E-state index in [0.29, 0.717) is 19.6 Å². The molecule has 0 aliphatic carbocycles. The molecule has 0 saturated heterocycles. The van der Waals surface area contributed by atoms with Gasteiger partial charge >= 0.3 is 6.09 Å². The summed E-state index contributed by atoms with van der Waals surface area (Å²) in [7, 11) is 0. The molecular formula is C15H25BrN4O2S. The fourth-order valence-corrected chi connectivity index (χ4v) is 3.00. The molecule has 3 N–H and O–H groups in total. The highest BCUT2D eigenvalue weighted by atomic mass is 79.9. The van der Waals surface area contributed by atoms with Crippen LogP contribution in [-0.4, -0.2) is 37.3 Å². The number of halogens is 1. The second kappa shape index (κ2) is 9.77. The fourth-order valence-electron chi connectivity index (χ4n) is 1.60. The van der Waals surface area contributed by atoms with Gasteiger partial charge in [-0.1, -0.05) is 0 Å². The Morgan fingerprint density at radius 2 is 1.96 bits per heavy atom. The van der Waals surface area contributed by atoms with E-state index in [2.05, 4.69) is 36.9 Å². The predicted molar refractivity (Wildman–Crippen MR) is 99.1 cm³/mol. The third kappa shape index (κ3) is 9.45. The third-order valence-corrected chi connectivity index (χ3v) is 4.06. The first-order valence-corrected chi connectivity index (χ1v) is 9.14. The minimum atomic E-state index is -0.483. The number of thiophene rings is 1. The average molecular weight is 405 g/mol. The largest absolute Gasteiger partial charge is 0.444 e. The molecule has 1 heterocycles. The van der Waals surface area contributed by atoms with Crippen LogP contribution in [0.1, 0.15) is 32.6 Å². The lowest BCUT2D eigenvalue weighted by molar-refractivity contribution is 0.0529. The van der Waals surface area contributed by atoms with E-state index in [1.54, 1.807) is 11.3 Å². The molecule has 0 aliphatic rings. The molecule has 23 heavy (non-hydrogen) atoms. The molecule has 0 bridgehead atoms. The van der Waals surface area contributed by atoms with E-state index < -0.39 is 11.7 Å². The summed E-state index contributed by atoms with van der Waals surface area (Å²) in [4.78, 5) is 17.2. The number of carbonyl (C=O) groups excluding carboxylic acids is 1. The highest BCUT2D eigenvalue weighted by molar-refractivity contribution is 9.11. The topological polar surface area (TPSA) is 74.8 Å². The molecular weight excluding hydrogens is 380 g/mol. The van der Waals surface area contributed by atoms with Crippen LogP contribution in [0.5, 0.6) is 0 Å². The second-order valence-electron chi connectivity index (χ2n) is 5.76. The molecule has 0 atom stereocenters. The number of carbonyl (C=O) groups is 1. The van der Waals surface area contributed by atoms with Crippen molar-refractivity contribution in [3.05, 3.63) is 20.8 Å². The van der Waals surface area contributed by atoms with Crippen molar-refractivity contribution in [2.24, 2.45) is 4.99 Å². The van der Waals surface area contributed by atoms with Gasteiger partial charge in [0.15, 0.2) is 5.96 Å². The van der Waals surface area contributed by atoms with E-state index in [9.17, 15) is 4.79 Å². The van der Waals surface area contributed by atoms with Crippen molar-refractivity contribution in [2.45, 2.75) is 39.8 Å². The van der Waals surface area contributed by atoms with Gasteiger partial charge in [0, 0.05) is 24.5 Å². The summed E-state index contributed by atoms with van der Waals surface area (Å²) in [6, 6.07) is 4.06. The molecule has 1 aromatic rings. The molecule has 1 amide bonds. The second-order valence-corrected chi connectivity index (χ2v) is 8.30. The highest BCUT2D eigenvalue weighted by Gasteiger charge is 2.15. The van der Waals surface area contributed by atoms with Crippen LogP contribution in [0.25, 0.3) is 0 Å². The molecule has 6 nitrogen and oxygen atoms in total. The van der Waals surface area contributed by atoms with Crippen molar-refractivity contribution in [2.75, 3.05) is 19.6 Å². The summed E-state index contributed by atoms with van der Waals surface area (Å²) in [5.74, 6) is 0.725. The standard InChI is InChI=1S/C15H25BrN4O2S/c1-5-17-13(20-10-11-6-7-12(16)23-11)18-8-9-19-14(21)22-15(2,3)4/h6-7H,5,8-10H2,1-4H3,(H,19,21)(H2,17,18,20). The summed E-state index contributed by atoms with van der Waals surface area (Å²) >= 11 is 5.11. The molecule has 0 radical (unpaired) electrons. The van der Waals surface area contributed by atoms with Gasteiger partial charge in [-0.25, -0.2) is 9.79 Å². The smallest absolute Gasteiger partial charge is 0.407 e. The molecule has 0 aromatic carbocycles. The lowest BCUT2D eigenvalue weighted by Gasteiger charge is -2.19. The van der Waals surface area contributed by atoms with Gasteiger partial charge in [0.2, 0.25) is 0 Å². The number of ether oxygens (including phenoxy) is 1. The van der Waals surface area contributed by atoms with E-state index in [4.69, 9.17) is 4.74 Å². The summed E-state index contributed by atoms with van der Waals surface area (Å²) in [6.45, 7) is 9.95. The minimum absolute atomic E-state index is 0.412. The van der Waals surface area contributed by atoms with Crippen LogP contribution < -0.4 is 16.0 Å².